The Morgan fingerprint density at radius 3 is 2.40 bits per heavy atom. The average Bonchev–Trinajstić information content (AvgIpc) is 3.27. The Morgan fingerprint density at radius 1 is 0.914 bits per heavy atom. The number of phenols is 1. The Morgan fingerprint density at radius 2 is 1.69 bits per heavy atom. The molecular formula is C25H21ClN2O6S. The van der Waals surface area contributed by atoms with E-state index in [-0.39, 0.29) is 23.1 Å². The van der Waals surface area contributed by atoms with Gasteiger partial charge in [0.15, 0.2) is 0 Å². The van der Waals surface area contributed by atoms with Crippen LogP contribution in [0.15, 0.2) is 71.6 Å². The van der Waals surface area contributed by atoms with Crippen LogP contribution in [0.2, 0.25) is 0 Å². The number of hydrogen-bond donors (Lipinski definition) is 3. The molecule has 0 aliphatic rings. The van der Waals surface area contributed by atoms with E-state index < -0.39 is 10.1 Å². The molecule has 0 aliphatic heterocycles. The van der Waals surface area contributed by atoms with Crippen LogP contribution in [0.1, 0.15) is 0 Å². The molecule has 0 saturated heterocycles. The van der Waals surface area contributed by atoms with Crippen molar-refractivity contribution in [2.45, 2.75) is 4.90 Å². The molecule has 0 atom stereocenters. The number of aromatic hydroxyl groups is 1. The van der Waals surface area contributed by atoms with Crippen molar-refractivity contribution in [3.05, 3.63) is 66.7 Å². The van der Waals surface area contributed by atoms with E-state index >= 15 is 0 Å². The Balaban J connectivity index is 0.00000289. The lowest BCUT2D eigenvalue weighted by Crippen LogP contribution is -1.97. The number of hydrogen-bond acceptors (Lipinski definition) is 6. The van der Waals surface area contributed by atoms with Gasteiger partial charge in [-0.05, 0) is 52.9 Å². The maximum absolute atomic E-state index is 11.5. The van der Waals surface area contributed by atoms with Crippen LogP contribution >= 0.6 is 12.4 Å². The molecule has 0 unspecified atom stereocenters. The second kappa shape index (κ2) is 9.10. The number of phenolic OH excluding ortho intramolecular Hbond substituents is 1. The molecular weight excluding hydrogens is 492 g/mol. The number of H-pyrrole nitrogens is 1. The third-order valence-corrected chi connectivity index (χ3v) is 6.51. The summed E-state index contributed by atoms with van der Waals surface area (Å²) in [6.45, 7) is 0. The van der Waals surface area contributed by atoms with Gasteiger partial charge in [-0.1, -0.05) is 24.3 Å². The highest BCUT2D eigenvalue weighted by atomic mass is 35.5. The van der Waals surface area contributed by atoms with Crippen LogP contribution in [-0.4, -0.2) is 42.3 Å². The number of methoxy groups -OCH3 is 2. The first-order chi connectivity index (χ1) is 16.3. The van der Waals surface area contributed by atoms with Gasteiger partial charge in [0.25, 0.3) is 10.1 Å². The number of halogens is 1. The average molecular weight is 513 g/mol. The predicted octanol–water partition coefficient (Wildman–Crippen LogP) is 5.44. The normalized spacial score (nSPS) is 11.4. The van der Waals surface area contributed by atoms with E-state index in [1.807, 2.05) is 42.5 Å². The largest absolute Gasteiger partial charge is 0.507 e. The number of aromatic amines is 1. The summed E-state index contributed by atoms with van der Waals surface area (Å²) in [4.78, 5) is 7.53. The van der Waals surface area contributed by atoms with Crippen molar-refractivity contribution in [2.24, 2.45) is 0 Å². The standard InChI is InChI=1S/C25H20N2O6S.ClH/c1-32-17-5-3-4-14(10-17)15-6-8-19(22(12-15)33-2)25-26-20-9-7-16-11-18(34(29,30)31)13-21(28)23(16)24(20)27-25;/h3-13,28H,1-2H3,(H,26,27)(H,29,30,31);1H. The zero-order valence-electron chi connectivity index (χ0n) is 18.6. The van der Waals surface area contributed by atoms with E-state index in [4.69, 9.17) is 9.47 Å². The van der Waals surface area contributed by atoms with Crippen LogP contribution in [0, 0.1) is 0 Å². The van der Waals surface area contributed by atoms with Crippen molar-refractivity contribution in [1.29, 1.82) is 0 Å². The fourth-order valence-corrected chi connectivity index (χ4v) is 4.56. The number of nitrogens with one attached hydrogen (secondary N) is 1. The summed E-state index contributed by atoms with van der Waals surface area (Å²) >= 11 is 0. The molecule has 0 bridgehead atoms. The van der Waals surface area contributed by atoms with E-state index in [9.17, 15) is 18.1 Å². The molecule has 4 aromatic carbocycles. The van der Waals surface area contributed by atoms with Crippen molar-refractivity contribution >= 4 is 44.3 Å². The molecule has 1 heterocycles. The molecule has 5 aromatic rings. The maximum Gasteiger partial charge on any atom is 0.294 e. The Hall–Kier alpha value is -3.79. The molecule has 0 aliphatic carbocycles. The van der Waals surface area contributed by atoms with Gasteiger partial charge in [0.2, 0.25) is 0 Å². The number of benzene rings is 4. The topological polar surface area (TPSA) is 122 Å². The Kier molecular flexibility index (Phi) is 6.33. The molecule has 10 heteroatoms. The van der Waals surface area contributed by atoms with Crippen LogP contribution in [0.5, 0.6) is 17.2 Å². The monoisotopic (exact) mass is 512 g/mol. The number of rotatable bonds is 5. The summed E-state index contributed by atoms with van der Waals surface area (Å²) in [7, 11) is -1.26. The SMILES string of the molecule is COc1cccc(-c2ccc(-c3nc4c(ccc5cc(S(=O)(=O)O)cc(O)c54)[nH]3)c(OC)c2)c1.Cl. The molecule has 3 N–H and O–H groups in total. The van der Waals surface area contributed by atoms with Gasteiger partial charge in [0.05, 0.1) is 35.6 Å². The summed E-state index contributed by atoms with van der Waals surface area (Å²) in [5.74, 6) is 1.58. The lowest BCUT2D eigenvalue weighted by Gasteiger charge is -2.10. The van der Waals surface area contributed by atoms with E-state index in [1.54, 1.807) is 26.4 Å². The lowest BCUT2D eigenvalue weighted by atomic mass is 10.0. The van der Waals surface area contributed by atoms with Gasteiger partial charge in [-0.2, -0.15) is 8.42 Å². The molecule has 5 rings (SSSR count). The van der Waals surface area contributed by atoms with Crippen molar-refractivity contribution in [3.63, 3.8) is 0 Å². The summed E-state index contributed by atoms with van der Waals surface area (Å²) in [5.41, 5.74) is 3.74. The first-order valence-electron chi connectivity index (χ1n) is 10.2. The third-order valence-electron chi connectivity index (χ3n) is 5.68. The summed E-state index contributed by atoms with van der Waals surface area (Å²) in [6, 6.07) is 19.1. The number of aromatic nitrogens is 2. The van der Waals surface area contributed by atoms with Gasteiger partial charge < -0.3 is 19.6 Å². The number of nitrogens with zero attached hydrogens (tertiary/aromatic N) is 1. The van der Waals surface area contributed by atoms with E-state index in [1.165, 1.54) is 6.07 Å². The Bertz CT molecular complexity index is 1680. The fraction of sp³-hybridized carbons (Fsp3) is 0.0800. The molecule has 35 heavy (non-hydrogen) atoms. The van der Waals surface area contributed by atoms with E-state index in [0.717, 1.165) is 22.9 Å². The number of fused-ring (bicyclic) bond motifs is 3. The van der Waals surface area contributed by atoms with Gasteiger partial charge in [-0.25, -0.2) is 4.98 Å². The van der Waals surface area contributed by atoms with E-state index in [0.29, 0.717) is 38.9 Å². The van der Waals surface area contributed by atoms with Crippen LogP contribution in [0.3, 0.4) is 0 Å². The van der Waals surface area contributed by atoms with Crippen LogP contribution in [0.4, 0.5) is 0 Å². The highest BCUT2D eigenvalue weighted by Gasteiger charge is 2.18. The molecule has 0 spiro atoms. The van der Waals surface area contributed by atoms with Crippen LogP contribution < -0.4 is 9.47 Å². The third kappa shape index (κ3) is 4.37. The van der Waals surface area contributed by atoms with E-state index in [2.05, 4.69) is 9.97 Å². The van der Waals surface area contributed by atoms with Crippen molar-refractivity contribution in [2.75, 3.05) is 14.2 Å². The van der Waals surface area contributed by atoms with Crippen LogP contribution in [-0.2, 0) is 10.1 Å². The van der Waals surface area contributed by atoms with Gasteiger partial charge in [-0.3, -0.25) is 4.55 Å². The van der Waals surface area contributed by atoms with Crippen molar-refractivity contribution in [1.82, 2.24) is 9.97 Å². The second-order valence-corrected chi connectivity index (χ2v) is 9.13. The first kappa shape index (κ1) is 24.3. The van der Waals surface area contributed by atoms with Crippen molar-refractivity contribution < 1.29 is 27.6 Å². The molecule has 0 radical (unpaired) electrons. The minimum Gasteiger partial charge on any atom is -0.507 e. The highest BCUT2D eigenvalue weighted by Crippen LogP contribution is 2.38. The molecule has 0 fully saturated rings. The molecule has 0 amide bonds. The van der Waals surface area contributed by atoms with Gasteiger partial charge in [0.1, 0.15) is 28.6 Å². The summed E-state index contributed by atoms with van der Waals surface area (Å²) < 4.78 is 43.3. The molecule has 0 saturated carbocycles. The lowest BCUT2D eigenvalue weighted by molar-refractivity contribution is 0.414. The minimum atomic E-state index is -4.46. The first-order valence-corrected chi connectivity index (χ1v) is 11.7. The van der Waals surface area contributed by atoms with Crippen LogP contribution in [0.25, 0.3) is 44.3 Å². The zero-order chi connectivity index (χ0) is 24.0. The second-order valence-electron chi connectivity index (χ2n) is 7.71. The predicted molar refractivity (Wildman–Crippen MR) is 136 cm³/mol. The van der Waals surface area contributed by atoms with Gasteiger partial charge in [-0.15, -0.1) is 12.4 Å². The highest BCUT2D eigenvalue weighted by molar-refractivity contribution is 7.85. The summed E-state index contributed by atoms with van der Waals surface area (Å²) in [6.07, 6.45) is 0. The summed E-state index contributed by atoms with van der Waals surface area (Å²) in [5, 5.41) is 11.3. The number of imidazole rings is 1. The van der Waals surface area contributed by atoms with Crippen molar-refractivity contribution in [3.8, 4) is 39.8 Å². The molecule has 8 nitrogen and oxygen atoms in total. The smallest absolute Gasteiger partial charge is 0.294 e. The maximum atomic E-state index is 11.5. The molecule has 180 valence electrons. The Labute approximate surface area is 207 Å². The van der Waals surface area contributed by atoms with Gasteiger partial charge in [0, 0.05) is 6.07 Å². The number of ether oxygens (including phenoxy) is 2. The fourth-order valence-electron chi connectivity index (χ4n) is 4.03. The quantitative estimate of drug-likeness (QED) is 0.268. The zero-order valence-corrected chi connectivity index (χ0v) is 20.3. The molecule has 1 aromatic heterocycles. The minimum absolute atomic E-state index is 0. The van der Waals surface area contributed by atoms with Gasteiger partial charge >= 0.3 is 0 Å².